The van der Waals surface area contributed by atoms with Gasteiger partial charge in [-0.15, -0.1) is 0 Å². The molecule has 0 radical (unpaired) electrons. The van der Waals surface area contributed by atoms with Gasteiger partial charge in [-0.3, -0.25) is 0 Å². The Labute approximate surface area is 119 Å². The summed E-state index contributed by atoms with van der Waals surface area (Å²) in [5.74, 6) is 1.79. The van der Waals surface area contributed by atoms with Crippen LogP contribution in [-0.4, -0.2) is 45.3 Å². The fraction of sp³-hybridized carbons (Fsp3) is 0.643. The van der Waals surface area contributed by atoms with E-state index in [-0.39, 0.29) is 0 Å². The maximum absolute atomic E-state index is 4.43. The first-order valence-electron chi connectivity index (χ1n) is 7.32. The van der Waals surface area contributed by atoms with Gasteiger partial charge in [0, 0.05) is 30.4 Å². The summed E-state index contributed by atoms with van der Waals surface area (Å²) in [7, 11) is 2.03. The highest BCUT2D eigenvalue weighted by atomic mass is 15.4. The zero-order valence-electron chi connectivity index (χ0n) is 12.4. The first kappa shape index (κ1) is 13.3. The molecule has 1 N–H and O–H groups in total. The van der Waals surface area contributed by atoms with Crippen LogP contribution in [0.2, 0.25) is 0 Å². The van der Waals surface area contributed by atoms with E-state index in [2.05, 4.69) is 38.3 Å². The first-order valence-corrected chi connectivity index (χ1v) is 7.32. The SMILES string of the molecule is CNC(C)C1CCCCN1c1cc(C)nc2ncnn12. The molecule has 0 bridgehead atoms. The number of aromatic nitrogens is 4. The molecule has 0 amide bonds. The first-order chi connectivity index (χ1) is 9.70. The van der Waals surface area contributed by atoms with Crippen LogP contribution in [0.4, 0.5) is 5.82 Å². The van der Waals surface area contributed by atoms with Crippen molar-refractivity contribution in [1.82, 2.24) is 24.9 Å². The van der Waals surface area contributed by atoms with Crippen molar-refractivity contribution in [2.75, 3.05) is 18.5 Å². The molecule has 2 aromatic rings. The smallest absolute Gasteiger partial charge is 0.254 e. The Bertz CT molecular complexity index is 592. The number of fused-ring (bicyclic) bond motifs is 1. The number of hydrogen-bond donors (Lipinski definition) is 1. The van der Waals surface area contributed by atoms with Crippen molar-refractivity contribution in [1.29, 1.82) is 0 Å². The highest BCUT2D eigenvalue weighted by molar-refractivity contribution is 5.48. The summed E-state index contributed by atoms with van der Waals surface area (Å²) in [5, 5.41) is 7.72. The van der Waals surface area contributed by atoms with Gasteiger partial charge in [0.05, 0.1) is 0 Å². The van der Waals surface area contributed by atoms with Gasteiger partial charge in [0.25, 0.3) is 5.78 Å². The van der Waals surface area contributed by atoms with Crippen molar-refractivity contribution in [3.63, 3.8) is 0 Å². The molecule has 0 aromatic carbocycles. The summed E-state index contributed by atoms with van der Waals surface area (Å²) in [4.78, 5) is 11.1. The summed E-state index contributed by atoms with van der Waals surface area (Å²) >= 11 is 0. The van der Waals surface area contributed by atoms with Crippen LogP contribution in [0.15, 0.2) is 12.4 Å². The van der Waals surface area contributed by atoms with E-state index >= 15 is 0 Å². The normalized spacial score (nSPS) is 21.4. The zero-order valence-corrected chi connectivity index (χ0v) is 12.4. The lowest BCUT2D eigenvalue weighted by molar-refractivity contribution is 0.378. The quantitative estimate of drug-likeness (QED) is 0.917. The molecule has 0 spiro atoms. The van der Waals surface area contributed by atoms with Crippen LogP contribution in [0.5, 0.6) is 0 Å². The van der Waals surface area contributed by atoms with Gasteiger partial charge in [-0.25, -0.2) is 4.98 Å². The van der Waals surface area contributed by atoms with Gasteiger partial charge in [0.1, 0.15) is 12.1 Å². The number of anilines is 1. The molecule has 2 aromatic heterocycles. The summed E-state index contributed by atoms with van der Waals surface area (Å²) in [6.45, 7) is 5.32. The van der Waals surface area contributed by atoms with Crippen LogP contribution < -0.4 is 10.2 Å². The van der Waals surface area contributed by atoms with Crippen molar-refractivity contribution in [3.8, 4) is 0 Å². The number of rotatable bonds is 3. The predicted molar refractivity (Wildman–Crippen MR) is 79.0 cm³/mol. The van der Waals surface area contributed by atoms with Crippen molar-refractivity contribution < 1.29 is 0 Å². The van der Waals surface area contributed by atoms with Crippen molar-refractivity contribution in [3.05, 3.63) is 18.1 Å². The van der Waals surface area contributed by atoms with Crippen LogP contribution in [0.25, 0.3) is 5.78 Å². The second-order valence-corrected chi connectivity index (χ2v) is 5.56. The third-order valence-electron chi connectivity index (χ3n) is 4.24. The number of hydrogen-bond acceptors (Lipinski definition) is 5. The molecule has 3 rings (SSSR count). The van der Waals surface area contributed by atoms with Gasteiger partial charge >= 0.3 is 0 Å². The Balaban J connectivity index is 2.05. The number of piperidine rings is 1. The molecule has 2 unspecified atom stereocenters. The van der Waals surface area contributed by atoms with E-state index in [0.717, 1.165) is 18.1 Å². The second kappa shape index (κ2) is 5.36. The maximum Gasteiger partial charge on any atom is 0.254 e. The standard InChI is InChI=1S/C14H22N6/c1-10-8-13(20-14(18-10)16-9-17-20)19-7-5-4-6-12(19)11(2)15-3/h8-9,11-12,15H,4-7H2,1-3H3. The molecule has 108 valence electrons. The second-order valence-electron chi connectivity index (χ2n) is 5.56. The van der Waals surface area contributed by atoms with Crippen LogP contribution in [0, 0.1) is 6.92 Å². The monoisotopic (exact) mass is 274 g/mol. The van der Waals surface area contributed by atoms with Crippen LogP contribution in [-0.2, 0) is 0 Å². The van der Waals surface area contributed by atoms with Gasteiger partial charge < -0.3 is 10.2 Å². The number of likely N-dealkylation sites (N-methyl/N-ethyl adjacent to an activating group) is 1. The Morgan fingerprint density at radius 3 is 3.05 bits per heavy atom. The van der Waals surface area contributed by atoms with Crippen LogP contribution >= 0.6 is 0 Å². The third kappa shape index (κ3) is 2.24. The van der Waals surface area contributed by atoms with Gasteiger partial charge in [-0.2, -0.15) is 14.6 Å². The third-order valence-corrected chi connectivity index (χ3v) is 4.24. The molecule has 1 aliphatic rings. The summed E-state index contributed by atoms with van der Waals surface area (Å²) in [6.07, 6.45) is 5.30. The van der Waals surface area contributed by atoms with Gasteiger partial charge in [0.15, 0.2) is 0 Å². The lowest BCUT2D eigenvalue weighted by Gasteiger charge is -2.40. The van der Waals surface area contributed by atoms with E-state index in [1.165, 1.54) is 19.3 Å². The van der Waals surface area contributed by atoms with Crippen molar-refractivity contribution in [2.45, 2.75) is 45.2 Å². The number of nitrogens with one attached hydrogen (secondary N) is 1. The molecule has 1 fully saturated rings. The Morgan fingerprint density at radius 2 is 2.25 bits per heavy atom. The average Bonchev–Trinajstić information content (AvgIpc) is 2.93. The minimum absolute atomic E-state index is 0.447. The lowest BCUT2D eigenvalue weighted by Crippen LogP contribution is -2.51. The predicted octanol–water partition coefficient (Wildman–Crippen LogP) is 1.40. The Kier molecular flexibility index (Phi) is 3.56. The molecule has 2 atom stereocenters. The molecule has 6 heteroatoms. The van der Waals surface area contributed by atoms with Gasteiger partial charge in [-0.05, 0) is 40.2 Å². The number of nitrogens with zero attached hydrogens (tertiary/aromatic N) is 5. The highest BCUT2D eigenvalue weighted by Crippen LogP contribution is 2.26. The van der Waals surface area contributed by atoms with E-state index in [4.69, 9.17) is 0 Å². The van der Waals surface area contributed by atoms with Crippen LogP contribution in [0.1, 0.15) is 31.9 Å². The molecule has 1 aliphatic heterocycles. The summed E-state index contributed by atoms with van der Waals surface area (Å²) in [5.41, 5.74) is 0.988. The molecule has 0 aliphatic carbocycles. The molecule has 3 heterocycles. The largest absolute Gasteiger partial charge is 0.352 e. The fourth-order valence-corrected chi connectivity index (χ4v) is 3.07. The Hall–Kier alpha value is -1.69. The molecule has 0 saturated carbocycles. The molecule has 6 nitrogen and oxygen atoms in total. The lowest BCUT2D eigenvalue weighted by atomic mass is 9.96. The maximum atomic E-state index is 4.43. The van der Waals surface area contributed by atoms with E-state index in [1.807, 2.05) is 18.5 Å². The molecule has 20 heavy (non-hydrogen) atoms. The zero-order chi connectivity index (χ0) is 14.1. The number of aryl methyl sites for hydroxylation is 1. The molecule has 1 saturated heterocycles. The van der Waals surface area contributed by atoms with Gasteiger partial charge in [0.2, 0.25) is 0 Å². The summed E-state index contributed by atoms with van der Waals surface area (Å²) < 4.78 is 1.85. The highest BCUT2D eigenvalue weighted by Gasteiger charge is 2.28. The van der Waals surface area contributed by atoms with Crippen molar-refractivity contribution >= 4 is 11.6 Å². The van der Waals surface area contributed by atoms with Crippen molar-refractivity contribution in [2.24, 2.45) is 0 Å². The average molecular weight is 274 g/mol. The van der Waals surface area contributed by atoms with E-state index in [9.17, 15) is 0 Å². The van der Waals surface area contributed by atoms with E-state index in [0.29, 0.717) is 17.9 Å². The fourth-order valence-electron chi connectivity index (χ4n) is 3.07. The minimum atomic E-state index is 0.447. The topological polar surface area (TPSA) is 58.3 Å². The molecular formula is C14H22N6. The van der Waals surface area contributed by atoms with E-state index in [1.54, 1.807) is 6.33 Å². The van der Waals surface area contributed by atoms with Crippen LogP contribution in [0.3, 0.4) is 0 Å². The minimum Gasteiger partial charge on any atom is -0.352 e. The van der Waals surface area contributed by atoms with Gasteiger partial charge in [-0.1, -0.05) is 0 Å². The Morgan fingerprint density at radius 1 is 1.40 bits per heavy atom. The van der Waals surface area contributed by atoms with E-state index < -0.39 is 0 Å². The molecular weight excluding hydrogens is 252 g/mol. The summed E-state index contributed by atoms with van der Waals surface area (Å²) in [6, 6.07) is 3.05.